The van der Waals surface area contributed by atoms with E-state index in [2.05, 4.69) is 4.98 Å². The molecular formula is C16H19NO2. The number of aliphatic hydroxyl groups excluding tert-OH is 1. The van der Waals surface area contributed by atoms with Gasteiger partial charge in [0.15, 0.2) is 5.78 Å². The van der Waals surface area contributed by atoms with E-state index in [0.29, 0.717) is 0 Å². The Morgan fingerprint density at radius 1 is 1.26 bits per heavy atom. The molecule has 1 N–H and O–H groups in total. The molecule has 3 nitrogen and oxygen atoms in total. The van der Waals surface area contributed by atoms with Crippen molar-refractivity contribution < 1.29 is 9.90 Å². The summed E-state index contributed by atoms with van der Waals surface area (Å²) < 4.78 is 0. The Morgan fingerprint density at radius 3 is 2.63 bits per heavy atom. The highest BCUT2D eigenvalue weighted by atomic mass is 16.3. The van der Waals surface area contributed by atoms with Crippen LogP contribution in [-0.4, -0.2) is 22.0 Å². The molecule has 0 saturated carbocycles. The second-order valence-corrected chi connectivity index (χ2v) is 5.90. The Kier molecular flexibility index (Phi) is 3.67. The summed E-state index contributed by atoms with van der Waals surface area (Å²) in [6.45, 7) is 5.58. The third kappa shape index (κ3) is 2.99. The normalized spacial score (nSPS) is 13.5. The maximum atomic E-state index is 12.1. The molecule has 19 heavy (non-hydrogen) atoms. The summed E-state index contributed by atoms with van der Waals surface area (Å²) in [4.78, 5) is 16.4. The number of carbonyl (C=O) groups excluding carboxylic acids is 1. The van der Waals surface area contributed by atoms with Crippen LogP contribution in [0.15, 0.2) is 36.5 Å². The van der Waals surface area contributed by atoms with Gasteiger partial charge in [-0.2, -0.15) is 0 Å². The lowest BCUT2D eigenvalue weighted by Crippen LogP contribution is -2.35. The molecule has 0 amide bonds. The van der Waals surface area contributed by atoms with Crippen molar-refractivity contribution in [1.82, 2.24) is 4.98 Å². The fraction of sp³-hybridized carbons (Fsp3) is 0.375. The van der Waals surface area contributed by atoms with Gasteiger partial charge in [0.2, 0.25) is 0 Å². The maximum absolute atomic E-state index is 12.1. The van der Waals surface area contributed by atoms with E-state index < -0.39 is 11.5 Å². The number of Topliss-reactive ketones (excluding diaryl/α,β-unsaturated/α-hetero) is 1. The summed E-state index contributed by atoms with van der Waals surface area (Å²) in [6.07, 6.45) is 0.995. The van der Waals surface area contributed by atoms with E-state index in [-0.39, 0.29) is 12.2 Å². The van der Waals surface area contributed by atoms with Crippen molar-refractivity contribution in [2.24, 2.45) is 5.41 Å². The smallest absolute Gasteiger partial charge is 0.166 e. The zero-order valence-corrected chi connectivity index (χ0v) is 11.6. The van der Waals surface area contributed by atoms with Crippen molar-refractivity contribution in [1.29, 1.82) is 0 Å². The predicted molar refractivity (Wildman–Crippen MR) is 75.9 cm³/mol. The van der Waals surface area contributed by atoms with Crippen LogP contribution in [0.4, 0.5) is 0 Å². The third-order valence-electron chi connectivity index (χ3n) is 3.23. The van der Waals surface area contributed by atoms with Gasteiger partial charge in [0.05, 0.1) is 5.52 Å². The Balaban J connectivity index is 2.29. The monoisotopic (exact) mass is 257 g/mol. The minimum Gasteiger partial charge on any atom is -0.385 e. The summed E-state index contributed by atoms with van der Waals surface area (Å²) in [6, 6.07) is 9.57. The summed E-state index contributed by atoms with van der Waals surface area (Å²) in [5, 5.41) is 11.0. The van der Waals surface area contributed by atoms with Crippen molar-refractivity contribution in [2.75, 3.05) is 0 Å². The molecule has 0 saturated heterocycles. The predicted octanol–water partition coefficient (Wildman–Crippen LogP) is 2.75. The largest absolute Gasteiger partial charge is 0.385 e. The van der Waals surface area contributed by atoms with E-state index in [0.717, 1.165) is 16.5 Å². The fourth-order valence-corrected chi connectivity index (χ4v) is 2.08. The van der Waals surface area contributed by atoms with Crippen LogP contribution in [0.2, 0.25) is 0 Å². The number of benzene rings is 1. The molecule has 0 fully saturated rings. The number of aromatic nitrogens is 1. The molecule has 2 aromatic rings. The maximum Gasteiger partial charge on any atom is 0.166 e. The quantitative estimate of drug-likeness (QED) is 0.919. The van der Waals surface area contributed by atoms with Crippen LogP contribution >= 0.6 is 0 Å². The molecule has 0 aliphatic heterocycles. The lowest BCUT2D eigenvalue weighted by atomic mass is 9.84. The van der Waals surface area contributed by atoms with Crippen LogP contribution in [-0.2, 0) is 11.2 Å². The highest BCUT2D eigenvalue weighted by Crippen LogP contribution is 2.23. The van der Waals surface area contributed by atoms with Gasteiger partial charge >= 0.3 is 0 Å². The number of nitrogens with zero attached hydrogens (tertiary/aromatic N) is 1. The van der Waals surface area contributed by atoms with Crippen molar-refractivity contribution in [3.05, 3.63) is 42.1 Å². The number of pyridine rings is 1. The number of para-hydroxylation sites is 1. The van der Waals surface area contributed by atoms with Crippen LogP contribution in [0.3, 0.4) is 0 Å². The highest BCUT2D eigenvalue weighted by molar-refractivity contribution is 5.91. The SMILES string of the molecule is CC(C)(C)C(O)C(=O)Cc1ccnc2ccccc12. The van der Waals surface area contributed by atoms with Crippen molar-refractivity contribution in [2.45, 2.75) is 33.3 Å². The minimum absolute atomic E-state index is 0.149. The Morgan fingerprint density at radius 2 is 1.95 bits per heavy atom. The highest BCUT2D eigenvalue weighted by Gasteiger charge is 2.28. The molecule has 2 rings (SSSR count). The van der Waals surface area contributed by atoms with E-state index in [1.165, 1.54) is 0 Å². The number of fused-ring (bicyclic) bond motifs is 1. The Hall–Kier alpha value is -1.74. The lowest BCUT2D eigenvalue weighted by Gasteiger charge is -2.24. The number of carbonyl (C=O) groups is 1. The first-order valence-electron chi connectivity index (χ1n) is 6.43. The third-order valence-corrected chi connectivity index (χ3v) is 3.23. The minimum atomic E-state index is -0.945. The van der Waals surface area contributed by atoms with Gasteiger partial charge in [-0.05, 0) is 23.1 Å². The van der Waals surface area contributed by atoms with Gasteiger partial charge in [-0.3, -0.25) is 9.78 Å². The molecule has 100 valence electrons. The number of hydrogen-bond acceptors (Lipinski definition) is 3. The van der Waals surface area contributed by atoms with E-state index >= 15 is 0 Å². The van der Waals surface area contributed by atoms with Gasteiger partial charge < -0.3 is 5.11 Å². The number of hydrogen-bond donors (Lipinski definition) is 1. The lowest BCUT2D eigenvalue weighted by molar-refractivity contribution is -0.131. The first kappa shape index (κ1) is 13.7. The van der Waals surface area contributed by atoms with Crippen molar-refractivity contribution in [3.63, 3.8) is 0 Å². The van der Waals surface area contributed by atoms with Gasteiger partial charge in [0.25, 0.3) is 0 Å². The van der Waals surface area contributed by atoms with Crippen LogP contribution < -0.4 is 0 Å². The van der Waals surface area contributed by atoms with E-state index in [9.17, 15) is 9.90 Å². The standard InChI is InChI=1S/C16H19NO2/c1-16(2,3)15(19)14(18)10-11-8-9-17-13-7-5-4-6-12(11)13/h4-9,15,19H,10H2,1-3H3. The molecule has 3 heteroatoms. The Bertz CT molecular complexity index is 594. The molecule has 1 atom stereocenters. The summed E-state index contributed by atoms with van der Waals surface area (Å²) in [5.74, 6) is -0.149. The zero-order chi connectivity index (χ0) is 14.0. The van der Waals surface area contributed by atoms with Crippen LogP contribution in [0.5, 0.6) is 0 Å². The van der Waals surface area contributed by atoms with Crippen LogP contribution in [0, 0.1) is 5.41 Å². The van der Waals surface area contributed by atoms with Crippen LogP contribution in [0.25, 0.3) is 10.9 Å². The van der Waals surface area contributed by atoms with E-state index in [1.54, 1.807) is 6.20 Å². The molecular weight excluding hydrogens is 238 g/mol. The zero-order valence-electron chi connectivity index (χ0n) is 11.6. The molecule has 0 spiro atoms. The first-order chi connectivity index (χ1) is 8.89. The van der Waals surface area contributed by atoms with Gasteiger partial charge in [-0.15, -0.1) is 0 Å². The second-order valence-electron chi connectivity index (χ2n) is 5.90. The molecule has 1 heterocycles. The number of aliphatic hydroxyl groups is 1. The van der Waals surface area contributed by atoms with Crippen molar-refractivity contribution >= 4 is 16.7 Å². The summed E-state index contributed by atoms with van der Waals surface area (Å²) in [5.41, 5.74) is 1.36. The van der Waals surface area contributed by atoms with Gasteiger partial charge in [-0.1, -0.05) is 39.0 Å². The molecule has 0 bridgehead atoms. The molecule has 1 unspecified atom stereocenters. The van der Waals surface area contributed by atoms with Gasteiger partial charge in [-0.25, -0.2) is 0 Å². The second kappa shape index (κ2) is 5.10. The number of rotatable bonds is 3. The van der Waals surface area contributed by atoms with Gasteiger partial charge in [0, 0.05) is 18.0 Å². The van der Waals surface area contributed by atoms with E-state index in [1.807, 2.05) is 51.1 Å². The average molecular weight is 257 g/mol. The fourth-order valence-electron chi connectivity index (χ4n) is 2.08. The molecule has 0 radical (unpaired) electrons. The van der Waals surface area contributed by atoms with Crippen molar-refractivity contribution in [3.8, 4) is 0 Å². The molecule has 1 aromatic heterocycles. The molecule has 0 aliphatic rings. The Labute approximate surface area is 113 Å². The summed E-state index contributed by atoms with van der Waals surface area (Å²) >= 11 is 0. The van der Waals surface area contributed by atoms with Gasteiger partial charge in [0.1, 0.15) is 6.10 Å². The molecule has 0 aliphatic carbocycles. The molecule has 1 aromatic carbocycles. The average Bonchev–Trinajstić information content (AvgIpc) is 2.37. The topological polar surface area (TPSA) is 50.2 Å². The van der Waals surface area contributed by atoms with E-state index in [4.69, 9.17) is 0 Å². The summed E-state index contributed by atoms with van der Waals surface area (Å²) in [7, 11) is 0. The first-order valence-corrected chi connectivity index (χ1v) is 6.43. The number of ketones is 1. The van der Waals surface area contributed by atoms with Crippen LogP contribution in [0.1, 0.15) is 26.3 Å².